The van der Waals surface area contributed by atoms with Crippen LogP contribution >= 0.6 is 0 Å². The molecular weight excluding hydrogens is 524 g/mol. The zero-order valence-electron chi connectivity index (χ0n) is 24.3. The number of nitrogens with two attached hydrogens (primary N) is 1. The van der Waals surface area contributed by atoms with Crippen molar-refractivity contribution >= 4 is 23.0 Å². The van der Waals surface area contributed by atoms with Crippen molar-refractivity contribution in [1.29, 1.82) is 0 Å². The van der Waals surface area contributed by atoms with Gasteiger partial charge in [-0.2, -0.15) is 9.97 Å². The molecule has 41 heavy (non-hydrogen) atoms. The van der Waals surface area contributed by atoms with Crippen LogP contribution in [0.3, 0.4) is 0 Å². The fraction of sp³-hybridized carbons (Fsp3) is 0.586. The summed E-state index contributed by atoms with van der Waals surface area (Å²) in [6.45, 7) is 10.8. The molecule has 1 aromatic carbocycles. The third-order valence-corrected chi connectivity index (χ3v) is 7.51. The molecule has 224 valence electrons. The fourth-order valence-corrected chi connectivity index (χ4v) is 5.19. The molecule has 1 fully saturated rings. The van der Waals surface area contributed by atoms with Gasteiger partial charge in [0.1, 0.15) is 5.52 Å². The number of nitrogens with one attached hydrogen (secondary N) is 1. The third-order valence-electron chi connectivity index (χ3n) is 7.51. The maximum Gasteiger partial charge on any atom is 0.327 e. The summed E-state index contributed by atoms with van der Waals surface area (Å²) < 4.78 is 7.27. The van der Waals surface area contributed by atoms with E-state index in [-0.39, 0.29) is 23.9 Å². The molecule has 0 amide bonds. The molecule has 4 N–H and O–H groups in total. The predicted molar refractivity (Wildman–Crippen MR) is 159 cm³/mol. The van der Waals surface area contributed by atoms with Crippen LogP contribution in [0, 0.1) is 0 Å². The second-order valence-corrected chi connectivity index (χ2v) is 10.9. The van der Waals surface area contributed by atoms with Gasteiger partial charge in [-0.05, 0) is 50.5 Å². The van der Waals surface area contributed by atoms with E-state index in [1.54, 1.807) is 4.57 Å². The number of H-pyrrole nitrogens is 1. The number of ether oxygens (including phenoxy) is 1. The molecule has 3 heterocycles. The van der Waals surface area contributed by atoms with Crippen molar-refractivity contribution in [2.45, 2.75) is 52.1 Å². The van der Waals surface area contributed by atoms with Crippen LogP contribution in [0.4, 0.5) is 5.82 Å². The molecule has 0 aliphatic carbocycles. The summed E-state index contributed by atoms with van der Waals surface area (Å²) in [7, 11) is 2.16. The van der Waals surface area contributed by atoms with Crippen LogP contribution in [0.15, 0.2) is 29.1 Å². The van der Waals surface area contributed by atoms with Gasteiger partial charge in [-0.3, -0.25) is 14.3 Å². The van der Waals surface area contributed by atoms with E-state index < -0.39 is 5.97 Å². The predicted octanol–water partition coefficient (Wildman–Crippen LogP) is 2.04. The van der Waals surface area contributed by atoms with Gasteiger partial charge in [0.25, 0.3) is 0 Å². The molecule has 4 rings (SSSR count). The van der Waals surface area contributed by atoms with Crippen molar-refractivity contribution in [2.75, 3.05) is 65.2 Å². The van der Waals surface area contributed by atoms with Crippen LogP contribution in [-0.2, 0) is 24.3 Å². The largest absolute Gasteiger partial charge is 0.481 e. The summed E-state index contributed by atoms with van der Waals surface area (Å²) in [5.74, 6) is -0.636. The minimum Gasteiger partial charge on any atom is -0.481 e. The van der Waals surface area contributed by atoms with E-state index >= 15 is 0 Å². The second kappa shape index (κ2) is 14.9. The van der Waals surface area contributed by atoms with Crippen molar-refractivity contribution < 1.29 is 14.6 Å². The van der Waals surface area contributed by atoms with Gasteiger partial charge in [0.2, 0.25) is 0 Å². The number of imidazole rings is 1. The Balaban J connectivity index is 1.42. The van der Waals surface area contributed by atoms with E-state index in [4.69, 9.17) is 10.5 Å². The van der Waals surface area contributed by atoms with Crippen LogP contribution < -0.4 is 16.2 Å². The summed E-state index contributed by atoms with van der Waals surface area (Å²) in [5.41, 5.74) is 8.60. The molecule has 0 atom stereocenters. The first-order chi connectivity index (χ1) is 19.8. The number of aliphatic carboxylic acids is 1. The molecule has 2 aromatic heterocycles. The summed E-state index contributed by atoms with van der Waals surface area (Å²) in [5, 5.41) is 9.22. The van der Waals surface area contributed by atoms with Gasteiger partial charge in [-0.25, -0.2) is 4.79 Å². The molecule has 1 aliphatic heterocycles. The van der Waals surface area contributed by atoms with Gasteiger partial charge in [0.15, 0.2) is 11.5 Å². The standard InChI is InChI=1S/C29H44N8O4/c1-3-4-18-41-28-32-26(30)25-27(33-28)37(29(40)31-25)13-7-12-36(11-6-10-35-16-14-34(2)15-17-35)21-23-9-5-8-22(19-23)20-24(38)39/h5,8-9,19H,3-4,6-7,10-18,20-21H2,1-2H3,(H,31,40)(H,38,39)(H2,30,32,33). The lowest BCUT2D eigenvalue weighted by molar-refractivity contribution is -0.136. The van der Waals surface area contributed by atoms with Gasteiger partial charge < -0.3 is 30.4 Å². The number of aryl methyl sites for hydroxylation is 1. The molecule has 0 unspecified atom stereocenters. The molecule has 1 aliphatic rings. The Morgan fingerprint density at radius 3 is 2.56 bits per heavy atom. The Bertz CT molecular complexity index is 1330. The lowest BCUT2D eigenvalue weighted by atomic mass is 10.1. The Kier molecular flexibility index (Phi) is 11.1. The van der Waals surface area contributed by atoms with Crippen LogP contribution in [0.1, 0.15) is 43.7 Å². The number of carboxylic acids is 1. The van der Waals surface area contributed by atoms with Gasteiger partial charge in [0, 0.05) is 45.8 Å². The number of hydrogen-bond donors (Lipinski definition) is 3. The Labute approximate surface area is 241 Å². The zero-order chi connectivity index (χ0) is 29.2. The summed E-state index contributed by atoms with van der Waals surface area (Å²) in [6, 6.07) is 7.98. The molecule has 0 bridgehead atoms. The maximum absolute atomic E-state index is 12.8. The van der Waals surface area contributed by atoms with Crippen LogP contribution in [0.2, 0.25) is 0 Å². The number of rotatable bonds is 16. The number of benzene rings is 1. The quantitative estimate of drug-likeness (QED) is 0.219. The highest BCUT2D eigenvalue weighted by Gasteiger charge is 2.17. The van der Waals surface area contributed by atoms with E-state index in [0.29, 0.717) is 30.9 Å². The first-order valence-electron chi connectivity index (χ1n) is 14.6. The van der Waals surface area contributed by atoms with E-state index in [1.807, 2.05) is 24.3 Å². The minimum absolute atomic E-state index is 0.00978. The van der Waals surface area contributed by atoms with Gasteiger partial charge >= 0.3 is 17.7 Å². The number of carbonyl (C=O) groups is 1. The molecule has 0 radical (unpaired) electrons. The second-order valence-electron chi connectivity index (χ2n) is 10.9. The number of nitrogens with zero attached hydrogens (tertiary/aromatic N) is 6. The number of nitrogen functional groups attached to an aromatic ring is 1. The number of hydrogen-bond acceptors (Lipinski definition) is 9. The summed E-state index contributed by atoms with van der Waals surface area (Å²) in [6.07, 6.45) is 3.64. The number of likely N-dealkylation sites (N-methyl/N-ethyl adjacent to an activating group) is 1. The Morgan fingerprint density at radius 2 is 1.83 bits per heavy atom. The molecule has 12 heteroatoms. The summed E-state index contributed by atoms with van der Waals surface area (Å²) >= 11 is 0. The number of aromatic amines is 1. The van der Waals surface area contributed by atoms with Crippen LogP contribution in [0.5, 0.6) is 6.01 Å². The van der Waals surface area contributed by atoms with Crippen molar-refractivity contribution in [3.8, 4) is 6.01 Å². The molecule has 3 aromatic rings. The average molecular weight is 569 g/mol. The maximum atomic E-state index is 12.8. The lowest BCUT2D eigenvalue weighted by Crippen LogP contribution is -2.45. The number of carboxylic acid groups (broad SMARTS) is 1. The topological polar surface area (TPSA) is 146 Å². The molecule has 0 saturated carbocycles. The Morgan fingerprint density at radius 1 is 1.10 bits per heavy atom. The monoisotopic (exact) mass is 568 g/mol. The van der Waals surface area contributed by atoms with E-state index in [9.17, 15) is 14.7 Å². The van der Waals surface area contributed by atoms with Crippen LogP contribution in [-0.4, -0.2) is 105 Å². The molecule has 12 nitrogen and oxygen atoms in total. The first kappa shape index (κ1) is 30.5. The van der Waals surface area contributed by atoms with E-state index in [0.717, 1.165) is 82.6 Å². The highest BCUT2D eigenvalue weighted by molar-refractivity contribution is 5.81. The third kappa shape index (κ3) is 9.00. The SMILES string of the molecule is CCCCOc1nc(N)c2[nH]c(=O)n(CCCN(CCCN3CCN(C)CC3)Cc3cccc(CC(=O)O)c3)c2n1. The fourth-order valence-electron chi connectivity index (χ4n) is 5.19. The minimum atomic E-state index is -0.835. The van der Waals surface area contributed by atoms with Gasteiger partial charge in [0.05, 0.1) is 13.0 Å². The first-order valence-corrected chi connectivity index (χ1v) is 14.6. The van der Waals surface area contributed by atoms with Crippen molar-refractivity contribution in [1.82, 2.24) is 34.2 Å². The van der Waals surface area contributed by atoms with Crippen LogP contribution in [0.25, 0.3) is 11.2 Å². The lowest BCUT2D eigenvalue weighted by Gasteiger charge is -2.33. The number of anilines is 1. The van der Waals surface area contributed by atoms with E-state index in [1.165, 1.54) is 0 Å². The molecule has 1 saturated heterocycles. The average Bonchev–Trinajstić information content (AvgIpc) is 3.25. The number of unbranched alkanes of at least 4 members (excludes halogenated alkanes) is 1. The molecular formula is C29H44N8O4. The van der Waals surface area contributed by atoms with Crippen molar-refractivity contribution in [3.63, 3.8) is 0 Å². The van der Waals surface area contributed by atoms with E-state index in [2.05, 4.69) is 43.6 Å². The number of aromatic nitrogens is 4. The molecule has 0 spiro atoms. The normalized spacial score (nSPS) is 14.7. The smallest absolute Gasteiger partial charge is 0.327 e. The highest BCUT2D eigenvalue weighted by Crippen LogP contribution is 2.18. The Hall–Kier alpha value is -3.48. The summed E-state index contributed by atoms with van der Waals surface area (Å²) in [4.78, 5) is 42.8. The number of fused-ring (bicyclic) bond motifs is 1. The van der Waals surface area contributed by atoms with Gasteiger partial charge in [-0.15, -0.1) is 0 Å². The zero-order valence-corrected chi connectivity index (χ0v) is 24.3. The van der Waals surface area contributed by atoms with Gasteiger partial charge in [-0.1, -0.05) is 37.6 Å². The highest BCUT2D eigenvalue weighted by atomic mass is 16.5. The van der Waals surface area contributed by atoms with Crippen molar-refractivity contribution in [2.24, 2.45) is 0 Å². The number of piperazine rings is 1. The van der Waals surface area contributed by atoms with Crippen molar-refractivity contribution in [3.05, 3.63) is 45.9 Å².